The maximum absolute atomic E-state index is 12.2. The number of aromatic amines is 1. The van der Waals surface area contributed by atoms with Crippen LogP contribution < -0.4 is 5.32 Å². The van der Waals surface area contributed by atoms with Gasteiger partial charge in [-0.05, 0) is 31.6 Å². The molecule has 2 rings (SSSR count). The van der Waals surface area contributed by atoms with Crippen molar-refractivity contribution in [2.75, 3.05) is 27.2 Å². The highest BCUT2D eigenvalue weighted by Crippen LogP contribution is 2.16. The van der Waals surface area contributed by atoms with Crippen LogP contribution in [0.3, 0.4) is 0 Å². The molecule has 0 radical (unpaired) electrons. The van der Waals surface area contributed by atoms with Gasteiger partial charge in [-0.25, -0.2) is 0 Å². The van der Waals surface area contributed by atoms with Crippen molar-refractivity contribution in [1.29, 1.82) is 0 Å². The van der Waals surface area contributed by atoms with Gasteiger partial charge in [0.25, 0.3) is 5.91 Å². The monoisotopic (exact) mass is 273 g/mol. The van der Waals surface area contributed by atoms with E-state index in [4.69, 9.17) is 0 Å². The molecule has 0 aliphatic carbocycles. The number of hydrogen-bond acceptors (Lipinski definition) is 2. The van der Waals surface area contributed by atoms with Crippen molar-refractivity contribution in [2.45, 2.75) is 13.8 Å². The Morgan fingerprint density at radius 2 is 2.00 bits per heavy atom. The molecule has 0 spiro atoms. The summed E-state index contributed by atoms with van der Waals surface area (Å²) in [6.45, 7) is 5.89. The highest BCUT2D eigenvalue weighted by atomic mass is 16.1. The molecule has 4 nitrogen and oxygen atoms in total. The summed E-state index contributed by atoms with van der Waals surface area (Å²) >= 11 is 0. The number of fused-ring (bicyclic) bond motifs is 1. The van der Waals surface area contributed by atoms with Crippen LogP contribution in [-0.4, -0.2) is 43.0 Å². The van der Waals surface area contributed by atoms with Crippen LogP contribution in [0.2, 0.25) is 0 Å². The van der Waals surface area contributed by atoms with E-state index in [2.05, 4.69) is 29.0 Å². The van der Waals surface area contributed by atoms with Crippen LogP contribution in [-0.2, 0) is 0 Å². The molecular formula is C16H23N3O. The first kappa shape index (κ1) is 14.6. The van der Waals surface area contributed by atoms with Crippen molar-refractivity contribution in [1.82, 2.24) is 15.2 Å². The van der Waals surface area contributed by atoms with Gasteiger partial charge in [-0.1, -0.05) is 32.0 Å². The zero-order valence-electron chi connectivity index (χ0n) is 12.7. The highest BCUT2D eigenvalue weighted by Gasteiger charge is 2.20. The van der Waals surface area contributed by atoms with Crippen molar-refractivity contribution >= 4 is 16.8 Å². The van der Waals surface area contributed by atoms with Gasteiger partial charge < -0.3 is 15.2 Å². The topological polar surface area (TPSA) is 48.1 Å². The molecule has 1 heterocycles. The Bertz CT molecular complexity index is 566. The predicted molar refractivity (Wildman–Crippen MR) is 83.0 cm³/mol. The van der Waals surface area contributed by atoms with Gasteiger partial charge in [0.1, 0.15) is 5.69 Å². The summed E-state index contributed by atoms with van der Waals surface area (Å²) in [5, 5.41) is 4.07. The number of carbonyl (C=O) groups is 1. The average Bonchev–Trinajstić information content (AvgIpc) is 2.78. The van der Waals surface area contributed by atoms with Crippen LogP contribution in [0.4, 0.5) is 0 Å². The molecule has 2 aromatic rings. The third-order valence-corrected chi connectivity index (χ3v) is 3.25. The molecule has 0 saturated carbocycles. The lowest BCUT2D eigenvalue weighted by atomic mass is 9.93. The van der Waals surface area contributed by atoms with E-state index in [9.17, 15) is 4.79 Å². The van der Waals surface area contributed by atoms with E-state index in [1.807, 2.05) is 44.4 Å². The Hall–Kier alpha value is -1.81. The molecule has 20 heavy (non-hydrogen) atoms. The van der Waals surface area contributed by atoms with Crippen LogP contribution in [0.15, 0.2) is 30.3 Å². The van der Waals surface area contributed by atoms with E-state index in [0.717, 1.165) is 17.4 Å². The Labute approximate surface area is 120 Å². The normalized spacial score (nSPS) is 12.1. The maximum Gasteiger partial charge on any atom is 0.267 e. The lowest BCUT2D eigenvalue weighted by Gasteiger charge is -2.28. The molecule has 0 aliphatic heterocycles. The Morgan fingerprint density at radius 3 is 2.65 bits per heavy atom. The Morgan fingerprint density at radius 1 is 1.30 bits per heavy atom. The van der Waals surface area contributed by atoms with E-state index >= 15 is 0 Å². The van der Waals surface area contributed by atoms with Crippen LogP contribution in [0, 0.1) is 5.41 Å². The number of nitrogens with zero attached hydrogens (tertiary/aromatic N) is 1. The van der Waals surface area contributed by atoms with Gasteiger partial charge in [-0.3, -0.25) is 4.79 Å². The van der Waals surface area contributed by atoms with Crippen molar-refractivity contribution in [3.63, 3.8) is 0 Å². The first-order valence-electron chi connectivity index (χ1n) is 6.88. The fourth-order valence-corrected chi connectivity index (χ4v) is 2.52. The SMILES string of the molecule is CN(C)CC(C)(C)CNC(=O)c1cc2ccccc2[nH]1. The minimum absolute atomic E-state index is 0.0468. The number of H-pyrrole nitrogens is 1. The zero-order chi connectivity index (χ0) is 14.8. The minimum Gasteiger partial charge on any atom is -0.351 e. The van der Waals surface area contributed by atoms with Gasteiger partial charge in [0.2, 0.25) is 0 Å². The van der Waals surface area contributed by atoms with Crippen LogP contribution in [0.5, 0.6) is 0 Å². The molecule has 0 atom stereocenters. The Balaban J connectivity index is 2.01. The van der Waals surface area contributed by atoms with E-state index in [1.165, 1.54) is 0 Å². The van der Waals surface area contributed by atoms with Gasteiger partial charge in [0.05, 0.1) is 0 Å². The number of aromatic nitrogens is 1. The quantitative estimate of drug-likeness (QED) is 0.879. The van der Waals surface area contributed by atoms with Crippen molar-refractivity contribution in [3.8, 4) is 0 Å². The molecular weight excluding hydrogens is 250 g/mol. The van der Waals surface area contributed by atoms with Crippen molar-refractivity contribution < 1.29 is 4.79 Å². The van der Waals surface area contributed by atoms with Gasteiger partial charge in [0, 0.05) is 24.0 Å². The van der Waals surface area contributed by atoms with Gasteiger partial charge in [0.15, 0.2) is 0 Å². The summed E-state index contributed by atoms with van der Waals surface area (Å²) in [5.74, 6) is -0.0481. The first-order valence-corrected chi connectivity index (χ1v) is 6.88. The lowest BCUT2D eigenvalue weighted by molar-refractivity contribution is 0.0925. The second-order valence-electron chi connectivity index (χ2n) is 6.35. The molecule has 0 fully saturated rings. The fraction of sp³-hybridized carbons (Fsp3) is 0.438. The second-order valence-corrected chi connectivity index (χ2v) is 6.35. The molecule has 0 aliphatic rings. The summed E-state index contributed by atoms with van der Waals surface area (Å²) in [6, 6.07) is 9.79. The number of para-hydroxylation sites is 1. The standard InChI is InChI=1S/C16H23N3O/c1-16(2,11-19(3)4)10-17-15(20)14-9-12-7-5-6-8-13(12)18-14/h5-9,18H,10-11H2,1-4H3,(H,17,20). The smallest absolute Gasteiger partial charge is 0.267 e. The van der Waals surface area contributed by atoms with Gasteiger partial charge in [-0.15, -0.1) is 0 Å². The van der Waals surface area contributed by atoms with Crippen LogP contribution >= 0.6 is 0 Å². The average molecular weight is 273 g/mol. The molecule has 0 saturated heterocycles. The maximum atomic E-state index is 12.2. The lowest BCUT2D eigenvalue weighted by Crippen LogP contribution is -2.40. The number of amides is 1. The molecule has 0 bridgehead atoms. The molecule has 0 unspecified atom stereocenters. The number of rotatable bonds is 5. The summed E-state index contributed by atoms with van der Waals surface area (Å²) in [5.41, 5.74) is 1.66. The summed E-state index contributed by atoms with van der Waals surface area (Å²) < 4.78 is 0. The number of nitrogens with one attached hydrogen (secondary N) is 2. The largest absolute Gasteiger partial charge is 0.351 e. The molecule has 1 amide bonds. The molecule has 4 heteroatoms. The van der Waals surface area contributed by atoms with E-state index in [-0.39, 0.29) is 11.3 Å². The predicted octanol–water partition coefficient (Wildman–Crippen LogP) is 2.49. The summed E-state index contributed by atoms with van der Waals surface area (Å²) in [6.07, 6.45) is 0. The zero-order valence-corrected chi connectivity index (χ0v) is 12.7. The number of carbonyl (C=O) groups excluding carboxylic acids is 1. The van der Waals surface area contributed by atoms with Crippen LogP contribution in [0.1, 0.15) is 24.3 Å². The van der Waals surface area contributed by atoms with Gasteiger partial charge >= 0.3 is 0 Å². The molecule has 1 aromatic carbocycles. The van der Waals surface area contributed by atoms with E-state index in [0.29, 0.717) is 12.2 Å². The summed E-state index contributed by atoms with van der Waals surface area (Å²) in [7, 11) is 4.09. The number of benzene rings is 1. The Kier molecular flexibility index (Phi) is 4.14. The third kappa shape index (κ3) is 3.61. The molecule has 1 aromatic heterocycles. The molecule has 108 valence electrons. The van der Waals surface area contributed by atoms with E-state index in [1.54, 1.807) is 0 Å². The fourth-order valence-electron chi connectivity index (χ4n) is 2.52. The second kappa shape index (κ2) is 5.67. The first-order chi connectivity index (χ1) is 9.37. The number of hydrogen-bond donors (Lipinski definition) is 2. The summed E-state index contributed by atoms with van der Waals surface area (Å²) in [4.78, 5) is 17.5. The molecule has 2 N–H and O–H groups in total. The van der Waals surface area contributed by atoms with Crippen molar-refractivity contribution in [3.05, 3.63) is 36.0 Å². The highest BCUT2D eigenvalue weighted by molar-refractivity contribution is 5.97. The van der Waals surface area contributed by atoms with Gasteiger partial charge in [-0.2, -0.15) is 0 Å². The van der Waals surface area contributed by atoms with Crippen LogP contribution in [0.25, 0.3) is 10.9 Å². The minimum atomic E-state index is -0.0481. The van der Waals surface area contributed by atoms with Crippen molar-refractivity contribution in [2.24, 2.45) is 5.41 Å². The van der Waals surface area contributed by atoms with E-state index < -0.39 is 0 Å². The third-order valence-electron chi connectivity index (χ3n) is 3.25.